The van der Waals surface area contributed by atoms with Gasteiger partial charge in [-0.2, -0.15) is 0 Å². The molecule has 3 aromatic heterocycles. The van der Waals surface area contributed by atoms with Gasteiger partial charge in [0.2, 0.25) is 5.91 Å². The first-order chi connectivity index (χ1) is 14.5. The summed E-state index contributed by atoms with van der Waals surface area (Å²) in [5.41, 5.74) is 6.28. The fraction of sp³-hybridized carbons (Fsp3) is 0.474. The van der Waals surface area contributed by atoms with Crippen molar-refractivity contribution >= 4 is 29.4 Å². The molecule has 2 N–H and O–H groups in total. The van der Waals surface area contributed by atoms with Crippen molar-refractivity contribution in [3.8, 4) is 11.4 Å². The summed E-state index contributed by atoms with van der Waals surface area (Å²) >= 11 is 3.40. The van der Waals surface area contributed by atoms with E-state index in [1.54, 1.807) is 29.7 Å². The number of primary amides is 1. The molecule has 1 amide bonds. The molecular weight excluding hydrogens is 420 g/mol. The van der Waals surface area contributed by atoms with Crippen molar-refractivity contribution in [3.63, 3.8) is 0 Å². The molecule has 0 aliphatic carbocycles. The summed E-state index contributed by atoms with van der Waals surface area (Å²) in [5.74, 6) is 3.55. The molecule has 3 aromatic rings. The summed E-state index contributed by atoms with van der Waals surface area (Å²) < 4.78 is 4.32. The van der Waals surface area contributed by atoms with Gasteiger partial charge in [0.25, 0.3) is 0 Å². The Kier molecular flexibility index (Phi) is 6.38. The van der Waals surface area contributed by atoms with E-state index >= 15 is 0 Å². The zero-order valence-corrected chi connectivity index (χ0v) is 18.6. The highest BCUT2D eigenvalue weighted by molar-refractivity contribution is 8.00. The summed E-state index contributed by atoms with van der Waals surface area (Å²) in [7, 11) is 0. The van der Waals surface area contributed by atoms with E-state index in [0.29, 0.717) is 12.3 Å². The Bertz CT molecular complexity index is 1020. The molecule has 4 heterocycles. The van der Waals surface area contributed by atoms with Crippen molar-refractivity contribution in [2.75, 3.05) is 11.5 Å². The molecule has 0 aromatic carbocycles. The summed E-state index contributed by atoms with van der Waals surface area (Å²) in [4.78, 5) is 15.4. The van der Waals surface area contributed by atoms with Gasteiger partial charge in [-0.1, -0.05) is 37.4 Å². The zero-order chi connectivity index (χ0) is 21.1. The minimum absolute atomic E-state index is 0.249. The first-order valence-corrected chi connectivity index (χ1v) is 11.8. The largest absolute Gasteiger partial charge is 0.370 e. The van der Waals surface area contributed by atoms with E-state index in [1.165, 1.54) is 0 Å². The van der Waals surface area contributed by atoms with E-state index in [2.05, 4.69) is 48.4 Å². The average Bonchev–Trinajstić information content (AvgIpc) is 3.41. The van der Waals surface area contributed by atoms with Crippen LogP contribution in [0, 0.1) is 5.92 Å². The van der Waals surface area contributed by atoms with Crippen molar-refractivity contribution in [1.29, 1.82) is 0 Å². The molecule has 11 heteroatoms. The van der Waals surface area contributed by atoms with E-state index in [1.807, 2.05) is 18.3 Å². The van der Waals surface area contributed by atoms with Gasteiger partial charge in [-0.05, 0) is 18.1 Å². The molecule has 0 fully saturated rings. The summed E-state index contributed by atoms with van der Waals surface area (Å²) in [6, 6.07) is 4.16. The van der Waals surface area contributed by atoms with Gasteiger partial charge in [-0.25, -0.2) is 0 Å². The minimum Gasteiger partial charge on any atom is -0.370 e. The molecule has 0 spiro atoms. The smallest absolute Gasteiger partial charge is 0.217 e. The Morgan fingerprint density at radius 1 is 1.33 bits per heavy atom. The standard InChI is InChI=1S/C19H24N8OS2/c1-12(2)9-26-16(6-5-15(20)28)22-24-18(26)29-10-14-11-30-19-25-23-17(27(14)19)13-4-3-7-21-8-13/h3-4,7-8,12,14H,5-6,9-11H2,1-2H3,(H2,20,28). The normalized spacial score (nSPS) is 15.6. The number of rotatable bonds is 9. The van der Waals surface area contributed by atoms with Crippen LogP contribution in [0.4, 0.5) is 0 Å². The number of aryl methyl sites for hydroxylation is 1. The van der Waals surface area contributed by atoms with Crippen LogP contribution in [0.15, 0.2) is 34.8 Å². The van der Waals surface area contributed by atoms with E-state index < -0.39 is 0 Å². The molecule has 1 atom stereocenters. The Labute approximate surface area is 183 Å². The van der Waals surface area contributed by atoms with Gasteiger partial charge < -0.3 is 10.3 Å². The molecule has 30 heavy (non-hydrogen) atoms. The van der Waals surface area contributed by atoms with Gasteiger partial charge in [0.05, 0.1) is 6.04 Å². The fourth-order valence-corrected chi connectivity index (χ4v) is 5.60. The second-order valence-corrected chi connectivity index (χ2v) is 9.54. The predicted molar refractivity (Wildman–Crippen MR) is 116 cm³/mol. The third-order valence-electron chi connectivity index (χ3n) is 4.70. The number of pyridine rings is 1. The van der Waals surface area contributed by atoms with Crippen molar-refractivity contribution < 1.29 is 4.79 Å². The van der Waals surface area contributed by atoms with E-state index in [0.717, 1.165) is 45.6 Å². The van der Waals surface area contributed by atoms with Crippen molar-refractivity contribution in [1.82, 2.24) is 34.5 Å². The molecule has 0 saturated heterocycles. The average molecular weight is 445 g/mol. The summed E-state index contributed by atoms with van der Waals surface area (Å²) in [6.07, 6.45) is 4.35. The Hall–Kier alpha value is -2.40. The highest BCUT2D eigenvalue weighted by atomic mass is 32.2. The Morgan fingerprint density at radius 3 is 2.93 bits per heavy atom. The summed E-state index contributed by atoms with van der Waals surface area (Å²) in [5, 5.41) is 19.3. The third-order valence-corrected chi connectivity index (χ3v) is 6.89. The minimum atomic E-state index is -0.325. The van der Waals surface area contributed by atoms with Gasteiger partial charge in [0.1, 0.15) is 5.82 Å². The SMILES string of the molecule is CC(C)Cn1c(CCC(N)=O)nnc1SCC1CSc2nnc(-c3cccnc3)n21. The lowest BCUT2D eigenvalue weighted by Gasteiger charge is -2.15. The van der Waals surface area contributed by atoms with Crippen LogP contribution < -0.4 is 5.73 Å². The van der Waals surface area contributed by atoms with Crippen LogP contribution in [0.25, 0.3) is 11.4 Å². The molecule has 1 unspecified atom stereocenters. The van der Waals surface area contributed by atoms with Crippen LogP contribution in [0.2, 0.25) is 0 Å². The molecule has 158 valence electrons. The number of fused-ring (bicyclic) bond motifs is 1. The lowest BCUT2D eigenvalue weighted by molar-refractivity contribution is -0.118. The number of hydrogen-bond donors (Lipinski definition) is 1. The highest BCUT2D eigenvalue weighted by Gasteiger charge is 2.29. The van der Waals surface area contributed by atoms with Crippen molar-refractivity contribution in [3.05, 3.63) is 30.4 Å². The second kappa shape index (κ2) is 9.17. The predicted octanol–water partition coefficient (Wildman–Crippen LogP) is 2.44. The number of nitrogens with two attached hydrogens (primary N) is 1. The number of hydrogen-bond acceptors (Lipinski definition) is 8. The number of carbonyl (C=O) groups is 1. The van der Waals surface area contributed by atoms with Gasteiger partial charge >= 0.3 is 0 Å². The number of nitrogens with zero attached hydrogens (tertiary/aromatic N) is 7. The number of aromatic nitrogens is 7. The second-order valence-electron chi connectivity index (χ2n) is 7.56. The van der Waals surface area contributed by atoms with Crippen LogP contribution in [-0.2, 0) is 17.8 Å². The molecule has 4 rings (SSSR count). The maximum absolute atomic E-state index is 11.2. The van der Waals surface area contributed by atoms with Gasteiger partial charge in [-0.3, -0.25) is 14.3 Å². The van der Waals surface area contributed by atoms with Crippen LogP contribution in [0.5, 0.6) is 0 Å². The van der Waals surface area contributed by atoms with Crippen molar-refractivity contribution in [2.45, 2.75) is 49.6 Å². The van der Waals surface area contributed by atoms with E-state index in [4.69, 9.17) is 5.73 Å². The number of carbonyl (C=O) groups excluding carboxylic acids is 1. The van der Waals surface area contributed by atoms with Crippen molar-refractivity contribution in [2.24, 2.45) is 11.7 Å². The Morgan fingerprint density at radius 2 is 2.20 bits per heavy atom. The van der Waals surface area contributed by atoms with Gasteiger partial charge in [0.15, 0.2) is 16.1 Å². The van der Waals surface area contributed by atoms with Crippen LogP contribution >= 0.6 is 23.5 Å². The van der Waals surface area contributed by atoms with Crippen LogP contribution in [0.1, 0.15) is 32.1 Å². The number of amides is 1. The van der Waals surface area contributed by atoms with E-state index in [-0.39, 0.29) is 18.4 Å². The molecule has 1 aliphatic rings. The molecular formula is C19H24N8OS2. The maximum Gasteiger partial charge on any atom is 0.217 e. The quantitative estimate of drug-likeness (QED) is 0.500. The maximum atomic E-state index is 11.2. The topological polar surface area (TPSA) is 117 Å². The lowest BCUT2D eigenvalue weighted by atomic mass is 10.2. The molecule has 0 saturated carbocycles. The van der Waals surface area contributed by atoms with Crippen LogP contribution in [0.3, 0.4) is 0 Å². The van der Waals surface area contributed by atoms with Gasteiger partial charge in [-0.15, -0.1) is 20.4 Å². The fourth-order valence-electron chi connectivity index (χ4n) is 3.33. The number of thioether (sulfide) groups is 2. The monoisotopic (exact) mass is 444 g/mol. The Balaban J connectivity index is 1.52. The van der Waals surface area contributed by atoms with Crippen LogP contribution in [-0.4, -0.2) is 51.9 Å². The third kappa shape index (κ3) is 4.51. The molecule has 1 aliphatic heterocycles. The summed E-state index contributed by atoms with van der Waals surface area (Å²) in [6.45, 7) is 5.12. The molecule has 9 nitrogen and oxygen atoms in total. The lowest BCUT2D eigenvalue weighted by Crippen LogP contribution is -2.16. The molecule has 0 bridgehead atoms. The zero-order valence-electron chi connectivity index (χ0n) is 16.9. The molecule has 0 radical (unpaired) electrons. The van der Waals surface area contributed by atoms with E-state index in [9.17, 15) is 4.79 Å². The highest BCUT2D eigenvalue weighted by Crippen LogP contribution is 2.38. The first kappa shape index (κ1) is 20.9. The van der Waals surface area contributed by atoms with Gasteiger partial charge in [0, 0.05) is 48.8 Å². The first-order valence-electron chi connectivity index (χ1n) is 9.84.